The molecule has 6 heteroatoms. The molecular weight excluding hydrogens is 270 g/mol. The zero-order valence-electron chi connectivity index (χ0n) is 6.20. The monoisotopic (exact) mass is 273 g/mol. The smallest absolute Gasteiger partial charge is 0.232 e. The summed E-state index contributed by atoms with van der Waals surface area (Å²) in [5, 5.41) is 0.174. The van der Waals surface area contributed by atoms with E-state index in [0.717, 1.165) is 6.07 Å². The lowest BCUT2D eigenvalue weighted by Crippen LogP contribution is -1.98. The van der Waals surface area contributed by atoms with Crippen LogP contribution in [0.4, 0.5) is 13.2 Å². The molecule has 0 radical (unpaired) electrons. The third kappa shape index (κ3) is 2.34. The summed E-state index contributed by atoms with van der Waals surface area (Å²) in [6, 6.07) is 0.950. The van der Waals surface area contributed by atoms with Crippen LogP contribution >= 0.6 is 27.5 Å². The maximum atomic E-state index is 12.8. The van der Waals surface area contributed by atoms with Crippen LogP contribution in [0.15, 0.2) is 6.07 Å². The van der Waals surface area contributed by atoms with Crippen molar-refractivity contribution in [2.24, 2.45) is 0 Å². The highest BCUT2D eigenvalue weighted by Gasteiger charge is 2.17. The Morgan fingerprint density at radius 2 is 2.15 bits per heavy atom. The van der Waals surface area contributed by atoms with Crippen molar-refractivity contribution in [3.05, 3.63) is 28.3 Å². The van der Waals surface area contributed by atoms with Gasteiger partial charge in [0, 0.05) is 10.9 Å². The molecule has 0 amide bonds. The summed E-state index contributed by atoms with van der Waals surface area (Å²) in [5.41, 5.74) is -0.557. The molecule has 0 aliphatic rings. The molecule has 13 heavy (non-hydrogen) atoms. The Hall–Kier alpha value is -0.290. The van der Waals surface area contributed by atoms with E-state index in [0.29, 0.717) is 5.56 Å². The molecule has 0 unspecified atom stereocenters. The van der Waals surface area contributed by atoms with Crippen molar-refractivity contribution < 1.29 is 13.2 Å². The molecule has 0 fully saturated rings. The lowest BCUT2D eigenvalue weighted by Gasteiger charge is -2.04. The van der Waals surface area contributed by atoms with E-state index in [9.17, 15) is 13.2 Å². The second-order valence-electron chi connectivity index (χ2n) is 2.24. The second kappa shape index (κ2) is 4.28. The van der Waals surface area contributed by atoms with E-state index in [1.807, 2.05) is 0 Å². The summed E-state index contributed by atoms with van der Waals surface area (Å²) in [6.45, 7) is 0. The van der Waals surface area contributed by atoms with Crippen molar-refractivity contribution in [3.8, 4) is 0 Å². The van der Waals surface area contributed by atoms with Crippen molar-refractivity contribution >= 4 is 27.5 Å². The molecule has 0 bridgehead atoms. The number of rotatable bonds is 2. The van der Waals surface area contributed by atoms with Crippen molar-refractivity contribution in [1.29, 1.82) is 0 Å². The quantitative estimate of drug-likeness (QED) is 0.592. The van der Waals surface area contributed by atoms with Crippen LogP contribution < -0.4 is 0 Å². The van der Waals surface area contributed by atoms with Crippen LogP contribution in [0.5, 0.6) is 0 Å². The van der Waals surface area contributed by atoms with Crippen LogP contribution in [-0.4, -0.2) is 4.98 Å². The van der Waals surface area contributed by atoms with E-state index in [-0.39, 0.29) is 10.5 Å². The third-order valence-corrected chi connectivity index (χ3v) is 2.31. The minimum absolute atomic E-state index is 0.103. The van der Waals surface area contributed by atoms with Crippen LogP contribution in [0.3, 0.4) is 0 Å². The molecule has 1 nitrogen and oxygen atoms in total. The Labute approximate surface area is 86.0 Å². The van der Waals surface area contributed by atoms with Crippen LogP contribution in [-0.2, 0) is 5.33 Å². The zero-order chi connectivity index (χ0) is 10.0. The number of aromatic nitrogens is 1. The standard InChI is InChI=1S/C7H4BrClF3N/c8-2-3-1-4(10)5(7(11)12)13-6(3)9/h1,7H,2H2. The molecule has 0 aliphatic carbocycles. The van der Waals surface area contributed by atoms with Gasteiger partial charge < -0.3 is 0 Å². The van der Waals surface area contributed by atoms with Gasteiger partial charge in [-0.25, -0.2) is 18.2 Å². The predicted octanol–water partition coefficient (Wildman–Crippen LogP) is 3.71. The summed E-state index contributed by atoms with van der Waals surface area (Å²) in [5.74, 6) is -1.03. The first-order valence-electron chi connectivity index (χ1n) is 3.25. The van der Waals surface area contributed by atoms with Gasteiger partial charge in [-0.15, -0.1) is 0 Å². The first-order valence-corrected chi connectivity index (χ1v) is 4.75. The fraction of sp³-hybridized carbons (Fsp3) is 0.286. The summed E-state index contributed by atoms with van der Waals surface area (Å²) in [6.07, 6.45) is -2.94. The van der Waals surface area contributed by atoms with Crippen LogP contribution in [0, 0.1) is 5.82 Å². The third-order valence-electron chi connectivity index (χ3n) is 1.38. The number of hydrogen-bond acceptors (Lipinski definition) is 1. The lowest BCUT2D eigenvalue weighted by molar-refractivity contribution is 0.140. The highest BCUT2D eigenvalue weighted by molar-refractivity contribution is 9.08. The van der Waals surface area contributed by atoms with Gasteiger partial charge >= 0.3 is 0 Å². The SMILES string of the molecule is Fc1cc(CBr)c(Cl)nc1C(F)F. The van der Waals surface area contributed by atoms with Gasteiger partial charge in [0.1, 0.15) is 10.8 Å². The molecular formula is C7H4BrClF3N. The summed E-state index contributed by atoms with van der Waals surface area (Å²) < 4.78 is 37.0. The lowest BCUT2D eigenvalue weighted by atomic mass is 10.2. The van der Waals surface area contributed by atoms with Gasteiger partial charge in [0.05, 0.1) is 0 Å². The van der Waals surface area contributed by atoms with Crippen LogP contribution in [0.25, 0.3) is 0 Å². The fourth-order valence-electron chi connectivity index (χ4n) is 0.764. The van der Waals surface area contributed by atoms with E-state index >= 15 is 0 Å². The molecule has 72 valence electrons. The maximum Gasteiger partial charge on any atom is 0.283 e. The largest absolute Gasteiger partial charge is 0.283 e. The molecule has 1 aromatic rings. The zero-order valence-corrected chi connectivity index (χ0v) is 8.54. The number of nitrogens with zero attached hydrogens (tertiary/aromatic N) is 1. The topological polar surface area (TPSA) is 12.9 Å². The Bertz CT molecular complexity index is 319. The molecule has 0 aliphatic heterocycles. The molecule has 0 N–H and O–H groups in total. The van der Waals surface area contributed by atoms with Crippen LogP contribution in [0.1, 0.15) is 17.7 Å². The molecule has 1 aromatic heterocycles. The molecule has 0 aromatic carbocycles. The van der Waals surface area contributed by atoms with Gasteiger partial charge in [-0.05, 0) is 6.07 Å². The molecule has 0 atom stereocenters. The summed E-state index contributed by atoms with van der Waals surface area (Å²) in [7, 11) is 0. The highest BCUT2D eigenvalue weighted by atomic mass is 79.9. The highest BCUT2D eigenvalue weighted by Crippen LogP contribution is 2.25. The average Bonchev–Trinajstić information content (AvgIpc) is 2.07. The van der Waals surface area contributed by atoms with Gasteiger partial charge in [-0.1, -0.05) is 27.5 Å². The van der Waals surface area contributed by atoms with Crippen molar-refractivity contribution in [2.45, 2.75) is 11.8 Å². The molecule has 0 spiro atoms. The van der Waals surface area contributed by atoms with Gasteiger partial charge in [-0.2, -0.15) is 0 Å². The van der Waals surface area contributed by atoms with Gasteiger partial charge in [0.25, 0.3) is 6.43 Å². The van der Waals surface area contributed by atoms with Crippen molar-refractivity contribution in [3.63, 3.8) is 0 Å². The molecule has 0 saturated carbocycles. The molecule has 1 rings (SSSR count). The van der Waals surface area contributed by atoms with Crippen molar-refractivity contribution in [2.75, 3.05) is 0 Å². The number of alkyl halides is 3. The Balaban J connectivity index is 3.20. The minimum atomic E-state index is -2.94. The molecule has 0 saturated heterocycles. The Kier molecular flexibility index (Phi) is 3.55. The van der Waals surface area contributed by atoms with Crippen LogP contribution in [0.2, 0.25) is 5.15 Å². The first kappa shape index (κ1) is 10.8. The maximum absolute atomic E-state index is 12.8. The van der Waals surface area contributed by atoms with Gasteiger partial charge in [-0.3, -0.25) is 0 Å². The summed E-state index contributed by atoms with van der Waals surface area (Å²) >= 11 is 8.53. The van der Waals surface area contributed by atoms with E-state index in [4.69, 9.17) is 11.6 Å². The predicted molar refractivity (Wildman–Crippen MR) is 46.8 cm³/mol. The van der Waals surface area contributed by atoms with E-state index in [1.54, 1.807) is 0 Å². The van der Waals surface area contributed by atoms with E-state index in [2.05, 4.69) is 20.9 Å². The Morgan fingerprint density at radius 1 is 1.54 bits per heavy atom. The number of hydrogen-bond donors (Lipinski definition) is 0. The van der Waals surface area contributed by atoms with E-state index < -0.39 is 17.9 Å². The van der Waals surface area contributed by atoms with Gasteiger partial charge in [0.15, 0.2) is 5.82 Å². The molecule has 1 heterocycles. The van der Waals surface area contributed by atoms with E-state index in [1.165, 1.54) is 0 Å². The normalized spacial score (nSPS) is 10.9. The first-order chi connectivity index (χ1) is 6.06. The average molecular weight is 274 g/mol. The fourth-order valence-corrected chi connectivity index (χ4v) is 1.57. The van der Waals surface area contributed by atoms with Crippen molar-refractivity contribution in [1.82, 2.24) is 4.98 Å². The Morgan fingerprint density at radius 3 is 2.62 bits per heavy atom. The number of halogens is 5. The number of pyridine rings is 1. The summed E-state index contributed by atoms with van der Waals surface area (Å²) in [4.78, 5) is 3.25. The second-order valence-corrected chi connectivity index (χ2v) is 3.16. The minimum Gasteiger partial charge on any atom is -0.232 e. The van der Waals surface area contributed by atoms with Gasteiger partial charge in [0.2, 0.25) is 0 Å².